The van der Waals surface area contributed by atoms with Crippen molar-refractivity contribution in [1.29, 1.82) is 0 Å². The highest BCUT2D eigenvalue weighted by atomic mass is 19.1. The average molecular weight is 341 g/mol. The third-order valence-electron chi connectivity index (χ3n) is 4.76. The molecule has 3 aromatic rings. The molecule has 1 unspecified atom stereocenters. The lowest BCUT2D eigenvalue weighted by Crippen LogP contribution is -2.47. The number of halogens is 1. The van der Waals surface area contributed by atoms with Crippen LogP contribution in [0.3, 0.4) is 0 Å². The molecule has 0 radical (unpaired) electrons. The lowest BCUT2D eigenvalue weighted by molar-refractivity contribution is 0.0546. The standard InChI is InChI=1S/C18H20FN5O/c1-12-13(2)20-11-21-17(12)24-9-7-23(8-10-24)16(19)18-22-14-5-3-4-6-15(14)25-18/h3-6,11,16H,7-10H2,1-2H3. The van der Waals surface area contributed by atoms with Gasteiger partial charge in [0.15, 0.2) is 5.58 Å². The van der Waals surface area contributed by atoms with Crippen LogP contribution in [0.15, 0.2) is 35.0 Å². The van der Waals surface area contributed by atoms with Crippen molar-refractivity contribution in [3.8, 4) is 0 Å². The fourth-order valence-electron chi connectivity index (χ4n) is 3.15. The van der Waals surface area contributed by atoms with Crippen molar-refractivity contribution in [3.63, 3.8) is 0 Å². The van der Waals surface area contributed by atoms with E-state index >= 15 is 0 Å². The average Bonchev–Trinajstić information content (AvgIpc) is 3.08. The van der Waals surface area contributed by atoms with E-state index in [0.29, 0.717) is 37.3 Å². The van der Waals surface area contributed by atoms with E-state index in [1.54, 1.807) is 17.3 Å². The Morgan fingerprint density at radius 1 is 1.08 bits per heavy atom. The summed E-state index contributed by atoms with van der Waals surface area (Å²) in [5.41, 5.74) is 3.35. The summed E-state index contributed by atoms with van der Waals surface area (Å²) in [6.07, 6.45) is 0.253. The van der Waals surface area contributed by atoms with Crippen LogP contribution in [-0.4, -0.2) is 46.0 Å². The largest absolute Gasteiger partial charge is 0.436 e. The highest BCUT2D eigenvalue weighted by Gasteiger charge is 2.29. The molecule has 1 aliphatic heterocycles. The summed E-state index contributed by atoms with van der Waals surface area (Å²) in [5, 5.41) is 0. The molecule has 0 N–H and O–H groups in total. The second kappa shape index (κ2) is 6.40. The first-order valence-corrected chi connectivity index (χ1v) is 8.40. The number of hydrogen-bond acceptors (Lipinski definition) is 6. The first kappa shape index (κ1) is 16.0. The van der Waals surface area contributed by atoms with E-state index in [4.69, 9.17) is 4.42 Å². The number of nitrogens with zero attached hydrogens (tertiary/aromatic N) is 5. The topological polar surface area (TPSA) is 58.3 Å². The summed E-state index contributed by atoms with van der Waals surface area (Å²) < 4.78 is 20.4. The van der Waals surface area contributed by atoms with Gasteiger partial charge in [-0.05, 0) is 26.0 Å². The minimum Gasteiger partial charge on any atom is -0.436 e. The van der Waals surface area contributed by atoms with E-state index in [2.05, 4.69) is 19.9 Å². The summed E-state index contributed by atoms with van der Waals surface area (Å²) >= 11 is 0. The van der Waals surface area contributed by atoms with Gasteiger partial charge in [0, 0.05) is 37.4 Å². The number of alkyl halides is 1. The summed E-state index contributed by atoms with van der Waals surface area (Å²) in [6.45, 7) is 6.58. The van der Waals surface area contributed by atoms with Crippen molar-refractivity contribution in [2.24, 2.45) is 0 Å². The highest BCUT2D eigenvalue weighted by molar-refractivity contribution is 5.72. The van der Waals surface area contributed by atoms with Crippen LogP contribution < -0.4 is 4.90 Å². The van der Waals surface area contributed by atoms with E-state index in [1.807, 2.05) is 32.0 Å². The van der Waals surface area contributed by atoms with Gasteiger partial charge in [-0.25, -0.2) is 19.3 Å². The van der Waals surface area contributed by atoms with Crippen LogP contribution in [0.25, 0.3) is 11.1 Å². The van der Waals surface area contributed by atoms with Crippen LogP contribution in [0.5, 0.6) is 0 Å². The molecule has 1 aromatic carbocycles. The lowest BCUT2D eigenvalue weighted by Gasteiger charge is -2.36. The third-order valence-corrected chi connectivity index (χ3v) is 4.76. The van der Waals surface area contributed by atoms with Gasteiger partial charge in [-0.2, -0.15) is 0 Å². The molecule has 1 aliphatic rings. The number of piperazine rings is 1. The molecule has 2 aromatic heterocycles. The second-order valence-electron chi connectivity index (χ2n) is 6.29. The maximum atomic E-state index is 14.9. The van der Waals surface area contributed by atoms with Gasteiger partial charge in [0.25, 0.3) is 0 Å². The number of oxazole rings is 1. The molecule has 6 nitrogen and oxygen atoms in total. The highest BCUT2D eigenvalue weighted by Crippen LogP contribution is 2.28. The van der Waals surface area contributed by atoms with Gasteiger partial charge in [0.2, 0.25) is 12.2 Å². The van der Waals surface area contributed by atoms with Gasteiger partial charge in [0.1, 0.15) is 17.7 Å². The van der Waals surface area contributed by atoms with Crippen molar-refractivity contribution in [1.82, 2.24) is 19.9 Å². The zero-order chi connectivity index (χ0) is 17.4. The lowest BCUT2D eigenvalue weighted by atomic mass is 10.2. The van der Waals surface area contributed by atoms with E-state index in [9.17, 15) is 4.39 Å². The normalized spacial score (nSPS) is 17.2. The van der Waals surface area contributed by atoms with Crippen molar-refractivity contribution in [2.45, 2.75) is 20.1 Å². The zero-order valence-corrected chi connectivity index (χ0v) is 14.3. The molecule has 0 saturated carbocycles. The number of fused-ring (bicyclic) bond motifs is 1. The van der Waals surface area contributed by atoms with E-state index in [0.717, 1.165) is 17.1 Å². The van der Waals surface area contributed by atoms with E-state index < -0.39 is 6.30 Å². The Labute approximate surface area is 145 Å². The molecule has 4 rings (SSSR count). The van der Waals surface area contributed by atoms with Gasteiger partial charge in [0.05, 0.1) is 0 Å². The van der Waals surface area contributed by atoms with Crippen LogP contribution in [0.4, 0.5) is 10.2 Å². The molecule has 3 heterocycles. The Hall–Kier alpha value is -2.54. The number of hydrogen-bond donors (Lipinski definition) is 0. The SMILES string of the molecule is Cc1ncnc(N2CCN(C(F)c3nc4ccccc4o3)CC2)c1C. The monoisotopic (exact) mass is 341 g/mol. The molecular weight excluding hydrogens is 321 g/mol. The van der Waals surface area contributed by atoms with Crippen molar-refractivity contribution >= 4 is 16.9 Å². The maximum absolute atomic E-state index is 14.9. The smallest absolute Gasteiger partial charge is 0.245 e. The molecule has 1 fully saturated rings. The van der Waals surface area contributed by atoms with Gasteiger partial charge in [-0.3, -0.25) is 4.90 Å². The minimum atomic E-state index is -1.33. The molecule has 0 bridgehead atoms. The molecule has 130 valence electrons. The molecule has 1 saturated heterocycles. The summed E-state index contributed by atoms with van der Waals surface area (Å²) in [6, 6.07) is 7.35. The van der Waals surface area contributed by atoms with Crippen molar-refractivity contribution in [2.75, 3.05) is 31.1 Å². The van der Waals surface area contributed by atoms with Crippen LogP contribution in [0, 0.1) is 13.8 Å². The summed E-state index contributed by atoms with van der Waals surface area (Å²) in [5.74, 6) is 1.06. The van der Waals surface area contributed by atoms with Gasteiger partial charge >= 0.3 is 0 Å². The fourth-order valence-corrected chi connectivity index (χ4v) is 3.15. The van der Waals surface area contributed by atoms with Crippen LogP contribution >= 0.6 is 0 Å². The van der Waals surface area contributed by atoms with Crippen LogP contribution in [0.2, 0.25) is 0 Å². The molecular formula is C18H20FN5O. The predicted molar refractivity (Wildman–Crippen MR) is 93.2 cm³/mol. The second-order valence-corrected chi connectivity index (χ2v) is 6.29. The Balaban J connectivity index is 1.47. The van der Waals surface area contributed by atoms with E-state index in [-0.39, 0.29) is 5.89 Å². The Bertz CT molecular complexity index is 855. The van der Waals surface area contributed by atoms with Crippen molar-refractivity contribution in [3.05, 3.63) is 47.7 Å². The van der Waals surface area contributed by atoms with Gasteiger partial charge in [-0.1, -0.05) is 12.1 Å². The number of para-hydroxylation sites is 2. The number of aryl methyl sites for hydroxylation is 1. The molecule has 0 amide bonds. The first-order chi connectivity index (χ1) is 12.1. The Morgan fingerprint density at radius 3 is 2.60 bits per heavy atom. The molecule has 0 aliphatic carbocycles. The zero-order valence-electron chi connectivity index (χ0n) is 14.3. The van der Waals surface area contributed by atoms with Gasteiger partial charge in [-0.15, -0.1) is 0 Å². The Kier molecular flexibility index (Phi) is 4.09. The maximum Gasteiger partial charge on any atom is 0.245 e. The van der Waals surface area contributed by atoms with Crippen LogP contribution in [0.1, 0.15) is 23.4 Å². The predicted octanol–water partition coefficient (Wildman–Crippen LogP) is 3.02. The molecule has 25 heavy (non-hydrogen) atoms. The number of aromatic nitrogens is 3. The minimum absolute atomic E-state index is 0.128. The molecule has 1 atom stereocenters. The quantitative estimate of drug-likeness (QED) is 0.683. The third kappa shape index (κ3) is 2.95. The van der Waals surface area contributed by atoms with Crippen molar-refractivity contribution < 1.29 is 8.81 Å². The number of benzene rings is 1. The first-order valence-electron chi connectivity index (χ1n) is 8.40. The molecule has 7 heteroatoms. The molecule has 0 spiro atoms. The van der Waals surface area contributed by atoms with E-state index in [1.165, 1.54) is 0 Å². The van der Waals surface area contributed by atoms with Crippen LogP contribution in [-0.2, 0) is 0 Å². The Morgan fingerprint density at radius 2 is 1.84 bits per heavy atom. The number of anilines is 1. The van der Waals surface area contributed by atoms with Gasteiger partial charge < -0.3 is 9.32 Å². The number of rotatable bonds is 3. The fraction of sp³-hybridized carbons (Fsp3) is 0.389. The summed E-state index contributed by atoms with van der Waals surface area (Å²) in [7, 11) is 0. The summed E-state index contributed by atoms with van der Waals surface area (Å²) in [4.78, 5) is 16.8.